The molecule has 2 atom stereocenters. The molecule has 1 aliphatic carbocycles. The Morgan fingerprint density at radius 1 is 1.04 bits per heavy atom. The van der Waals surface area contributed by atoms with Crippen molar-refractivity contribution >= 4 is 5.97 Å². The van der Waals surface area contributed by atoms with Crippen LogP contribution >= 0.6 is 0 Å². The van der Waals surface area contributed by atoms with Gasteiger partial charge in [-0.15, -0.1) is 0 Å². The minimum absolute atomic E-state index is 0.0595. The molecule has 3 rings (SSSR count). The van der Waals surface area contributed by atoms with Crippen LogP contribution in [-0.4, -0.2) is 25.7 Å². The highest BCUT2D eigenvalue weighted by Gasteiger charge is 2.30. The fraction of sp³-hybridized carbons (Fsp3) is 0.409. The fourth-order valence-electron chi connectivity index (χ4n) is 3.88. The monoisotopic (exact) mass is 337 g/mol. The van der Waals surface area contributed by atoms with Crippen molar-refractivity contribution in [1.82, 2.24) is 5.32 Å². The van der Waals surface area contributed by atoms with Crippen LogP contribution in [0, 0.1) is 5.92 Å². The van der Waals surface area contributed by atoms with E-state index in [1.165, 1.54) is 18.2 Å². The third-order valence-corrected chi connectivity index (χ3v) is 5.24. The summed E-state index contributed by atoms with van der Waals surface area (Å²) in [4.78, 5) is 11.7. The van der Waals surface area contributed by atoms with Gasteiger partial charge in [0.1, 0.15) is 0 Å². The topological polar surface area (TPSA) is 38.3 Å². The maximum absolute atomic E-state index is 11.7. The molecular formula is C22H27NO2. The average molecular weight is 337 g/mol. The molecule has 0 aliphatic heterocycles. The van der Waals surface area contributed by atoms with E-state index in [0.717, 1.165) is 32.2 Å². The van der Waals surface area contributed by atoms with E-state index in [0.29, 0.717) is 12.0 Å². The lowest BCUT2D eigenvalue weighted by Gasteiger charge is -2.20. The summed E-state index contributed by atoms with van der Waals surface area (Å²) >= 11 is 0. The smallest absolute Gasteiger partial charge is 0.308 e. The maximum atomic E-state index is 11.7. The van der Waals surface area contributed by atoms with E-state index >= 15 is 0 Å². The van der Waals surface area contributed by atoms with Gasteiger partial charge in [0.15, 0.2) is 0 Å². The highest BCUT2D eigenvalue weighted by Crippen LogP contribution is 2.29. The largest absolute Gasteiger partial charge is 0.469 e. The number of benzene rings is 2. The second-order valence-electron chi connectivity index (χ2n) is 6.85. The molecule has 1 N–H and O–H groups in total. The van der Waals surface area contributed by atoms with Crippen LogP contribution in [0.1, 0.15) is 42.7 Å². The Bertz CT molecular complexity index is 617. The number of esters is 1. The summed E-state index contributed by atoms with van der Waals surface area (Å²) in [5, 5.41) is 3.65. The average Bonchev–Trinajstić information content (AvgIpc) is 3.15. The van der Waals surface area contributed by atoms with Crippen molar-refractivity contribution in [1.29, 1.82) is 0 Å². The van der Waals surface area contributed by atoms with E-state index in [2.05, 4.69) is 66.0 Å². The van der Waals surface area contributed by atoms with Gasteiger partial charge in [-0.2, -0.15) is 0 Å². The molecule has 0 aromatic heterocycles. The quantitative estimate of drug-likeness (QED) is 0.772. The number of methoxy groups -OCH3 is 1. The van der Waals surface area contributed by atoms with Gasteiger partial charge in [0, 0.05) is 12.0 Å². The Labute approximate surface area is 150 Å². The van der Waals surface area contributed by atoms with Crippen molar-refractivity contribution in [2.24, 2.45) is 5.92 Å². The minimum atomic E-state index is -0.0595. The standard InChI is InChI=1S/C22H27NO2/c1-25-22(24)19-12-13-20(16-19)23-15-14-21(17-8-4-2-5-9-17)18-10-6-3-7-11-18/h2-11,19-21,23H,12-16H2,1H3. The molecule has 0 bridgehead atoms. The Kier molecular flexibility index (Phi) is 6.24. The molecule has 0 saturated heterocycles. The highest BCUT2D eigenvalue weighted by atomic mass is 16.5. The van der Waals surface area contributed by atoms with Crippen molar-refractivity contribution in [3.05, 3.63) is 71.8 Å². The number of hydrogen-bond acceptors (Lipinski definition) is 3. The van der Waals surface area contributed by atoms with Crippen LogP contribution in [0.3, 0.4) is 0 Å². The molecule has 0 heterocycles. The van der Waals surface area contributed by atoms with Crippen LogP contribution in [0.4, 0.5) is 0 Å². The number of hydrogen-bond donors (Lipinski definition) is 1. The number of carbonyl (C=O) groups excluding carboxylic acids is 1. The number of carbonyl (C=O) groups is 1. The molecule has 2 unspecified atom stereocenters. The van der Waals surface area contributed by atoms with E-state index in [4.69, 9.17) is 4.74 Å². The van der Waals surface area contributed by atoms with Gasteiger partial charge in [-0.1, -0.05) is 60.7 Å². The summed E-state index contributed by atoms with van der Waals surface area (Å²) in [6.07, 6.45) is 3.94. The summed E-state index contributed by atoms with van der Waals surface area (Å²) in [5.41, 5.74) is 2.71. The second kappa shape index (κ2) is 8.82. The van der Waals surface area contributed by atoms with Gasteiger partial charge < -0.3 is 10.1 Å². The predicted octanol–water partition coefficient (Wildman–Crippen LogP) is 4.14. The Morgan fingerprint density at radius 3 is 2.20 bits per heavy atom. The van der Waals surface area contributed by atoms with Crippen molar-refractivity contribution < 1.29 is 9.53 Å². The SMILES string of the molecule is COC(=O)C1CCC(NCCC(c2ccccc2)c2ccccc2)C1. The summed E-state index contributed by atoms with van der Waals surface area (Å²) in [6.45, 7) is 0.951. The predicted molar refractivity (Wildman–Crippen MR) is 100 cm³/mol. The van der Waals surface area contributed by atoms with E-state index in [1.807, 2.05) is 0 Å². The Morgan fingerprint density at radius 2 is 1.64 bits per heavy atom. The Balaban J connectivity index is 1.58. The molecule has 3 nitrogen and oxygen atoms in total. The van der Waals surface area contributed by atoms with Crippen LogP contribution in [0.5, 0.6) is 0 Å². The lowest BCUT2D eigenvalue weighted by Crippen LogP contribution is -2.29. The first-order valence-corrected chi connectivity index (χ1v) is 9.19. The molecule has 25 heavy (non-hydrogen) atoms. The highest BCUT2D eigenvalue weighted by molar-refractivity contribution is 5.72. The molecule has 3 heteroatoms. The summed E-state index contributed by atoms with van der Waals surface area (Å²) in [6, 6.07) is 21.8. The van der Waals surface area contributed by atoms with Gasteiger partial charge in [-0.3, -0.25) is 4.79 Å². The van der Waals surface area contributed by atoms with E-state index in [1.54, 1.807) is 0 Å². The van der Waals surface area contributed by atoms with E-state index < -0.39 is 0 Å². The summed E-state index contributed by atoms with van der Waals surface area (Å²) in [5.74, 6) is 0.407. The zero-order valence-corrected chi connectivity index (χ0v) is 14.9. The fourth-order valence-corrected chi connectivity index (χ4v) is 3.88. The Hall–Kier alpha value is -2.13. The lowest BCUT2D eigenvalue weighted by atomic mass is 9.88. The van der Waals surface area contributed by atoms with Crippen LogP contribution in [-0.2, 0) is 9.53 Å². The van der Waals surface area contributed by atoms with E-state index in [-0.39, 0.29) is 11.9 Å². The third-order valence-electron chi connectivity index (χ3n) is 5.24. The zero-order valence-electron chi connectivity index (χ0n) is 14.9. The van der Waals surface area contributed by atoms with Gasteiger partial charge in [0.05, 0.1) is 13.0 Å². The van der Waals surface area contributed by atoms with Crippen molar-refractivity contribution in [3.8, 4) is 0 Å². The maximum Gasteiger partial charge on any atom is 0.308 e. The molecule has 1 aliphatic rings. The van der Waals surface area contributed by atoms with Crippen molar-refractivity contribution in [2.45, 2.75) is 37.6 Å². The molecule has 0 spiro atoms. The molecular weight excluding hydrogens is 310 g/mol. The molecule has 2 aromatic rings. The first-order chi connectivity index (χ1) is 12.3. The van der Waals surface area contributed by atoms with Gasteiger partial charge in [0.2, 0.25) is 0 Å². The summed E-state index contributed by atoms with van der Waals surface area (Å²) in [7, 11) is 1.48. The first kappa shape index (κ1) is 17.7. The van der Waals surface area contributed by atoms with Crippen LogP contribution < -0.4 is 5.32 Å². The molecule has 0 amide bonds. The lowest BCUT2D eigenvalue weighted by molar-refractivity contribution is -0.145. The minimum Gasteiger partial charge on any atom is -0.469 e. The summed E-state index contributed by atoms with van der Waals surface area (Å²) < 4.78 is 4.87. The van der Waals surface area contributed by atoms with E-state index in [9.17, 15) is 4.79 Å². The third kappa shape index (κ3) is 4.70. The molecule has 1 saturated carbocycles. The van der Waals surface area contributed by atoms with Crippen LogP contribution in [0.2, 0.25) is 0 Å². The van der Waals surface area contributed by atoms with Gasteiger partial charge >= 0.3 is 5.97 Å². The van der Waals surface area contributed by atoms with Crippen molar-refractivity contribution in [2.75, 3.05) is 13.7 Å². The number of rotatable bonds is 7. The van der Waals surface area contributed by atoms with Crippen molar-refractivity contribution in [3.63, 3.8) is 0 Å². The van der Waals surface area contributed by atoms with Gasteiger partial charge in [0.25, 0.3) is 0 Å². The number of ether oxygens (including phenoxy) is 1. The molecule has 1 fully saturated rings. The molecule has 0 radical (unpaired) electrons. The van der Waals surface area contributed by atoms with Crippen LogP contribution in [0.25, 0.3) is 0 Å². The first-order valence-electron chi connectivity index (χ1n) is 9.19. The second-order valence-corrected chi connectivity index (χ2v) is 6.85. The van der Waals surface area contributed by atoms with Gasteiger partial charge in [-0.05, 0) is 43.4 Å². The molecule has 132 valence electrons. The normalized spacial score (nSPS) is 19.9. The van der Waals surface area contributed by atoms with Gasteiger partial charge in [-0.25, -0.2) is 0 Å². The zero-order chi connectivity index (χ0) is 17.5. The molecule has 2 aromatic carbocycles. The van der Waals surface area contributed by atoms with Crippen LogP contribution in [0.15, 0.2) is 60.7 Å². The number of nitrogens with one attached hydrogen (secondary N) is 1.